The van der Waals surface area contributed by atoms with Crippen LogP contribution in [0.5, 0.6) is 0 Å². The van der Waals surface area contributed by atoms with Crippen LogP contribution in [0.15, 0.2) is 54.6 Å². The van der Waals surface area contributed by atoms with Gasteiger partial charge in [-0.05, 0) is 63.4 Å². The van der Waals surface area contributed by atoms with E-state index in [-0.39, 0.29) is 27.7 Å². The molecule has 1 saturated heterocycles. The summed E-state index contributed by atoms with van der Waals surface area (Å²) in [4.78, 5) is 46.4. The monoisotopic (exact) mass is 590 g/mol. The lowest BCUT2D eigenvalue weighted by Gasteiger charge is -2.38. The summed E-state index contributed by atoms with van der Waals surface area (Å²) in [6, 6.07) is 15.1. The second-order valence-electron chi connectivity index (χ2n) is 10.0. The Morgan fingerprint density at radius 3 is 2.44 bits per heavy atom. The topological polar surface area (TPSA) is 96.4 Å². The maximum Gasteiger partial charge on any atom is 0.528 e. The van der Waals surface area contributed by atoms with Gasteiger partial charge in [-0.25, -0.2) is 9.59 Å². The summed E-state index contributed by atoms with van der Waals surface area (Å²) in [5, 5.41) is 12.1. The van der Waals surface area contributed by atoms with Crippen molar-refractivity contribution in [2.24, 2.45) is 0 Å². The average molecular weight is 592 g/mol. The number of rotatable bonds is 6. The van der Waals surface area contributed by atoms with E-state index < -0.39 is 29.7 Å². The number of carbonyl (C=O) groups excluding carboxylic acids is 2. The number of hydroxylamine groups is 2. The van der Waals surface area contributed by atoms with Crippen LogP contribution in [0.1, 0.15) is 53.6 Å². The molecular formula is C28H28Cl2N2O6S. The van der Waals surface area contributed by atoms with Crippen molar-refractivity contribution in [2.45, 2.75) is 45.3 Å². The van der Waals surface area contributed by atoms with Crippen molar-refractivity contribution in [3.63, 3.8) is 0 Å². The van der Waals surface area contributed by atoms with Gasteiger partial charge in [0.2, 0.25) is 0 Å². The summed E-state index contributed by atoms with van der Waals surface area (Å²) < 4.78 is 5.28. The molecule has 11 heteroatoms. The zero-order valence-electron chi connectivity index (χ0n) is 21.6. The fraction of sp³-hybridized carbons (Fsp3) is 0.321. The largest absolute Gasteiger partial charge is 0.528 e. The second-order valence-corrected chi connectivity index (χ2v) is 11.9. The quantitative estimate of drug-likeness (QED) is 0.299. The van der Waals surface area contributed by atoms with E-state index in [4.69, 9.17) is 32.8 Å². The van der Waals surface area contributed by atoms with Gasteiger partial charge in [-0.1, -0.05) is 53.5 Å². The summed E-state index contributed by atoms with van der Waals surface area (Å²) in [5.74, 6) is -1.64. The minimum Gasteiger partial charge on any atom is -0.477 e. The first-order valence-electron chi connectivity index (χ1n) is 12.3. The smallest absolute Gasteiger partial charge is 0.477 e. The van der Waals surface area contributed by atoms with E-state index in [9.17, 15) is 19.5 Å². The molecule has 0 radical (unpaired) electrons. The molecule has 39 heavy (non-hydrogen) atoms. The predicted molar refractivity (Wildman–Crippen MR) is 152 cm³/mol. The Morgan fingerprint density at radius 1 is 1.08 bits per heavy atom. The van der Waals surface area contributed by atoms with E-state index in [1.54, 1.807) is 32.9 Å². The lowest BCUT2D eigenvalue weighted by atomic mass is 10.0. The highest BCUT2D eigenvalue weighted by molar-refractivity contribution is 7.18. The molecule has 0 bridgehead atoms. The molecule has 1 aliphatic rings. The van der Waals surface area contributed by atoms with E-state index in [0.29, 0.717) is 29.3 Å². The molecular weight excluding hydrogens is 563 g/mol. The zero-order valence-corrected chi connectivity index (χ0v) is 24.0. The van der Waals surface area contributed by atoms with Gasteiger partial charge >= 0.3 is 12.1 Å². The lowest BCUT2D eigenvalue weighted by Crippen LogP contribution is -2.51. The number of anilines is 1. The van der Waals surface area contributed by atoms with Gasteiger partial charge in [-0.15, -0.1) is 16.4 Å². The van der Waals surface area contributed by atoms with Crippen LogP contribution >= 0.6 is 34.5 Å². The minimum atomic E-state index is -1.16. The molecule has 4 rings (SSSR count). The van der Waals surface area contributed by atoms with Crippen molar-refractivity contribution in [1.29, 1.82) is 0 Å². The Bertz CT molecular complexity index is 1370. The van der Waals surface area contributed by atoms with Gasteiger partial charge in [0.25, 0.3) is 5.91 Å². The zero-order chi connectivity index (χ0) is 28.3. The summed E-state index contributed by atoms with van der Waals surface area (Å²) >= 11 is 13.6. The number of thiophene rings is 1. The molecule has 2 aromatic carbocycles. The number of amides is 1. The highest BCUT2D eigenvalue weighted by atomic mass is 35.5. The van der Waals surface area contributed by atoms with E-state index in [2.05, 4.69) is 0 Å². The van der Waals surface area contributed by atoms with Gasteiger partial charge < -0.3 is 19.6 Å². The Hall–Kier alpha value is -3.11. The van der Waals surface area contributed by atoms with Crippen LogP contribution in [0.3, 0.4) is 0 Å². The van der Waals surface area contributed by atoms with Crippen molar-refractivity contribution < 1.29 is 29.1 Å². The number of carbonyl (C=O) groups is 3. The lowest BCUT2D eigenvalue weighted by molar-refractivity contribution is -0.152. The highest BCUT2D eigenvalue weighted by Crippen LogP contribution is 2.40. The molecule has 0 spiro atoms. The number of benzene rings is 2. The molecule has 206 valence electrons. The normalized spacial score (nSPS) is 16.0. The van der Waals surface area contributed by atoms with Gasteiger partial charge in [-0.2, -0.15) is 0 Å². The molecule has 0 aliphatic carbocycles. The number of carboxylic acid groups (broad SMARTS) is 1. The number of hydrogen-bond acceptors (Lipinski definition) is 7. The van der Waals surface area contributed by atoms with E-state index >= 15 is 0 Å². The maximum atomic E-state index is 14.1. The van der Waals surface area contributed by atoms with E-state index in [0.717, 1.165) is 16.9 Å². The van der Waals surface area contributed by atoms with Gasteiger partial charge in [-0.3, -0.25) is 4.79 Å². The van der Waals surface area contributed by atoms with Crippen molar-refractivity contribution in [1.82, 2.24) is 5.06 Å². The first kappa shape index (κ1) is 28.9. The molecule has 3 aromatic rings. The Labute approximate surface area is 240 Å². The second kappa shape index (κ2) is 12.0. The summed E-state index contributed by atoms with van der Waals surface area (Å²) in [5.41, 5.74) is 0.508. The van der Waals surface area contributed by atoms with Crippen molar-refractivity contribution >= 4 is 58.3 Å². The molecule has 1 atom stereocenters. The summed E-state index contributed by atoms with van der Waals surface area (Å²) in [6.45, 7) is 5.78. The fourth-order valence-electron chi connectivity index (χ4n) is 4.31. The SMILES string of the molecule is CC(C)(C)OC(=O)ON1CCCC(N(C(=O)c2ccc(Cl)cc2Cl)c2cc(-c3ccccc3)sc2C(=O)O)C1. The molecule has 1 fully saturated rings. The van der Waals surface area contributed by atoms with E-state index in [1.165, 1.54) is 22.1 Å². The Balaban J connectivity index is 1.75. The van der Waals surface area contributed by atoms with Crippen LogP contribution in [-0.4, -0.2) is 52.9 Å². The number of carboxylic acids is 1. The standard InChI is InChI=1S/C28H28Cl2N2O6S/c1-28(2,3)37-27(36)38-31-13-7-10-19(16-31)32(25(33)20-12-11-18(29)14-21(20)30)22-15-23(39-24(22)26(34)35)17-8-5-4-6-9-17/h4-6,8-9,11-12,14-15,19H,7,10,13,16H2,1-3H3,(H,34,35). The van der Waals surface area contributed by atoms with Crippen molar-refractivity contribution in [2.75, 3.05) is 18.0 Å². The number of halogens is 2. The number of piperidine rings is 1. The van der Waals surface area contributed by atoms with Gasteiger partial charge in [0.15, 0.2) is 0 Å². The first-order valence-corrected chi connectivity index (χ1v) is 13.9. The molecule has 1 aliphatic heterocycles. The third-order valence-electron chi connectivity index (χ3n) is 5.92. The van der Waals surface area contributed by atoms with Crippen molar-refractivity contribution in [3.8, 4) is 10.4 Å². The number of aromatic carboxylic acids is 1. The molecule has 2 heterocycles. The number of ether oxygens (including phenoxy) is 1. The van der Waals surface area contributed by atoms with Gasteiger partial charge in [0.05, 0.1) is 28.9 Å². The average Bonchev–Trinajstić information content (AvgIpc) is 3.29. The molecule has 0 saturated carbocycles. The summed E-state index contributed by atoms with van der Waals surface area (Å²) in [6.07, 6.45) is 0.277. The van der Waals surface area contributed by atoms with Gasteiger partial charge in [0.1, 0.15) is 10.5 Å². The maximum absolute atomic E-state index is 14.1. The fourth-order valence-corrected chi connectivity index (χ4v) is 5.79. The predicted octanol–water partition coefficient (Wildman–Crippen LogP) is 7.40. The van der Waals surface area contributed by atoms with Gasteiger partial charge in [0, 0.05) is 16.4 Å². The van der Waals surface area contributed by atoms with Crippen molar-refractivity contribution in [3.05, 3.63) is 75.1 Å². The van der Waals surface area contributed by atoms with Crippen LogP contribution < -0.4 is 4.90 Å². The molecule has 1 N–H and O–H groups in total. The minimum absolute atomic E-state index is 0.0115. The van der Waals surface area contributed by atoms with Crippen LogP contribution in [0.4, 0.5) is 10.5 Å². The van der Waals surface area contributed by atoms with Crippen LogP contribution in [0, 0.1) is 0 Å². The molecule has 8 nitrogen and oxygen atoms in total. The van der Waals surface area contributed by atoms with Crippen LogP contribution in [0.2, 0.25) is 10.0 Å². The Morgan fingerprint density at radius 2 is 1.79 bits per heavy atom. The number of nitrogens with zero attached hydrogens (tertiary/aromatic N) is 2. The highest BCUT2D eigenvalue weighted by Gasteiger charge is 2.36. The Kier molecular flexibility index (Phi) is 8.86. The van der Waals surface area contributed by atoms with Crippen LogP contribution in [-0.2, 0) is 9.57 Å². The summed E-state index contributed by atoms with van der Waals surface area (Å²) in [7, 11) is 0. The third kappa shape index (κ3) is 7.10. The molecule has 1 aromatic heterocycles. The number of hydrogen-bond donors (Lipinski definition) is 1. The van der Waals surface area contributed by atoms with E-state index in [1.807, 2.05) is 30.3 Å². The first-order chi connectivity index (χ1) is 18.4. The molecule has 1 unspecified atom stereocenters. The third-order valence-corrected chi connectivity index (χ3v) is 7.63. The molecule has 1 amide bonds. The van der Waals surface area contributed by atoms with Crippen LogP contribution in [0.25, 0.3) is 10.4 Å².